The van der Waals surface area contributed by atoms with Crippen molar-refractivity contribution in [2.45, 2.75) is 13.3 Å². The number of hydrogen-bond acceptors (Lipinski definition) is 3. The summed E-state index contributed by atoms with van der Waals surface area (Å²) in [6, 6.07) is 15.7. The Hall–Kier alpha value is -3.02. The Morgan fingerprint density at radius 1 is 1.07 bits per heavy atom. The number of benzene rings is 2. The number of ether oxygens (including phenoxy) is 1. The fourth-order valence-electron chi connectivity index (χ4n) is 2.64. The van der Waals surface area contributed by atoms with Crippen molar-refractivity contribution in [3.8, 4) is 5.75 Å². The van der Waals surface area contributed by atoms with Gasteiger partial charge in [-0.25, -0.2) is 0 Å². The molecule has 0 fully saturated rings. The first-order chi connectivity index (χ1) is 13.5. The first-order valence-electron chi connectivity index (χ1n) is 9.44. The van der Waals surface area contributed by atoms with E-state index in [0.717, 1.165) is 30.2 Å². The van der Waals surface area contributed by atoms with Crippen LogP contribution in [-0.4, -0.2) is 57.6 Å². The molecule has 0 bridgehead atoms. The predicted octanol–water partition coefficient (Wildman–Crippen LogP) is 2.48. The van der Waals surface area contributed by atoms with E-state index in [0.29, 0.717) is 18.7 Å². The quantitative estimate of drug-likeness (QED) is 0.418. The van der Waals surface area contributed by atoms with Gasteiger partial charge in [-0.1, -0.05) is 29.8 Å². The maximum atomic E-state index is 12.1. The molecule has 150 valence electrons. The molecule has 0 radical (unpaired) electrons. The highest BCUT2D eigenvalue weighted by Crippen LogP contribution is 2.10. The highest BCUT2D eigenvalue weighted by Gasteiger charge is 2.08. The number of nitrogens with one attached hydrogen (secondary N) is 2. The van der Waals surface area contributed by atoms with Gasteiger partial charge in [0.15, 0.2) is 5.96 Å². The first-order valence-corrected chi connectivity index (χ1v) is 9.44. The van der Waals surface area contributed by atoms with E-state index >= 15 is 0 Å². The molecule has 2 aromatic carbocycles. The second-order valence-electron chi connectivity index (χ2n) is 6.74. The van der Waals surface area contributed by atoms with Crippen molar-refractivity contribution in [2.24, 2.45) is 4.99 Å². The standard InChI is InChI=1S/C22H30N4O2/c1-17-8-10-20(11-9-17)28-15-14-25-22(23-2)24-13-12-18-6-5-7-19(16-18)21(27)26(3)4/h5-11,16H,12-15H2,1-4H3,(H2,23,24,25). The number of amides is 1. The number of carbonyl (C=O) groups excluding carboxylic acids is 1. The van der Waals surface area contributed by atoms with Crippen molar-refractivity contribution >= 4 is 11.9 Å². The van der Waals surface area contributed by atoms with Gasteiger partial charge >= 0.3 is 0 Å². The Labute approximate surface area is 167 Å². The molecule has 0 heterocycles. The SMILES string of the molecule is CN=C(NCCOc1ccc(C)cc1)NCCc1cccc(C(=O)N(C)C)c1. The third kappa shape index (κ3) is 6.95. The van der Waals surface area contributed by atoms with E-state index in [9.17, 15) is 4.79 Å². The van der Waals surface area contributed by atoms with Crippen molar-refractivity contribution < 1.29 is 9.53 Å². The maximum Gasteiger partial charge on any atom is 0.253 e. The summed E-state index contributed by atoms with van der Waals surface area (Å²) in [5.74, 6) is 1.61. The summed E-state index contributed by atoms with van der Waals surface area (Å²) >= 11 is 0. The van der Waals surface area contributed by atoms with Crippen molar-refractivity contribution in [3.63, 3.8) is 0 Å². The minimum Gasteiger partial charge on any atom is -0.492 e. The average molecular weight is 383 g/mol. The van der Waals surface area contributed by atoms with E-state index in [1.807, 2.05) is 48.5 Å². The molecule has 0 saturated heterocycles. The Morgan fingerprint density at radius 3 is 2.46 bits per heavy atom. The van der Waals surface area contributed by atoms with Gasteiger partial charge in [-0.3, -0.25) is 9.79 Å². The maximum absolute atomic E-state index is 12.1. The summed E-state index contributed by atoms with van der Waals surface area (Å²) in [7, 11) is 5.26. The first kappa shape index (κ1) is 21.3. The monoisotopic (exact) mass is 382 g/mol. The molecule has 0 spiro atoms. The van der Waals surface area contributed by atoms with Gasteiger partial charge < -0.3 is 20.3 Å². The van der Waals surface area contributed by atoms with Crippen LogP contribution in [0.25, 0.3) is 0 Å². The van der Waals surface area contributed by atoms with Crippen LogP contribution >= 0.6 is 0 Å². The van der Waals surface area contributed by atoms with Crippen LogP contribution in [-0.2, 0) is 6.42 Å². The largest absolute Gasteiger partial charge is 0.492 e. The number of carbonyl (C=O) groups is 1. The van der Waals surface area contributed by atoms with Crippen molar-refractivity contribution in [3.05, 3.63) is 65.2 Å². The Morgan fingerprint density at radius 2 is 1.79 bits per heavy atom. The average Bonchev–Trinajstić information content (AvgIpc) is 2.70. The molecule has 0 aliphatic rings. The molecule has 0 aliphatic carbocycles. The zero-order valence-corrected chi connectivity index (χ0v) is 17.2. The molecule has 2 rings (SSSR count). The number of nitrogens with zero attached hydrogens (tertiary/aromatic N) is 2. The number of guanidine groups is 1. The highest BCUT2D eigenvalue weighted by atomic mass is 16.5. The third-order valence-corrected chi connectivity index (χ3v) is 4.19. The molecule has 0 unspecified atom stereocenters. The van der Waals surface area contributed by atoms with Crippen molar-refractivity contribution in [2.75, 3.05) is 40.8 Å². The van der Waals surface area contributed by atoms with E-state index in [2.05, 4.69) is 22.5 Å². The van der Waals surface area contributed by atoms with Crippen LogP contribution in [0, 0.1) is 6.92 Å². The predicted molar refractivity (Wildman–Crippen MR) is 114 cm³/mol. The molecule has 0 aromatic heterocycles. The second kappa shape index (κ2) is 11.0. The Bertz CT molecular complexity index is 785. The smallest absolute Gasteiger partial charge is 0.253 e. The lowest BCUT2D eigenvalue weighted by Gasteiger charge is -2.13. The minimum atomic E-state index is 0.0147. The summed E-state index contributed by atoms with van der Waals surface area (Å²) in [6.07, 6.45) is 0.801. The number of rotatable bonds is 8. The lowest BCUT2D eigenvalue weighted by molar-refractivity contribution is 0.0827. The summed E-state index contributed by atoms with van der Waals surface area (Å²) < 4.78 is 5.70. The second-order valence-corrected chi connectivity index (χ2v) is 6.74. The van der Waals surface area contributed by atoms with Gasteiger partial charge in [-0.15, -0.1) is 0 Å². The van der Waals surface area contributed by atoms with E-state index in [4.69, 9.17) is 4.74 Å². The van der Waals surface area contributed by atoms with Crippen LogP contribution in [0.2, 0.25) is 0 Å². The fourth-order valence-corrected chi connectivity index (χ4v) is 2.64. The number of aryl methyl sites for hydroxylation is 1. The van der Waals surface area contributed by atoms with Gasteiger partial charge in [0.2, 0.25) is 0 Å². The third-order valence-electron chi connectivity index (χ3n) is 4.19. The zero-order chi connectivity index (χ0) is 20.4. The van der Waals surface area contributed by atoms with Crippen LogP contribution < -0.4 is 15.4 Å². The Balaban J connectivity index is 1.71. The molecule has 2 aromatic rings. The summed E-state index contributed by atoms with van der Waals surface area (Å²) in [4.78, 5) is 17.9. The van der Waals surface area contributed by atoms with Crippen LogP contribution in [0.3, 0.4) is 0 Å². The topological polar surface area (TPSA) is 66.0 Å². The summed E-state index contributed by atoms with van der Waals surface area (Å²) in [5, 5.41) is 6.52. The fraction of sp³-hybridized carbons (Fsp3) is 0.364. The van der Waals surface area contributed by atoms with E-state index < -0.39 is 0 Å². The zero-order valence-electron chi connectivity index (χ0n) is 17.2. The lowest BCUT2D eigenvalue weighted by atomic mass is 10.1. The molecule has 1 amide bonds. The molecule has 2 N–H and O–H groups in total. The number of hydrogen-bond donors (Lipinski definition) is 2. The van der Waals surface area contributed by atoms with E-state index in [-0.39, 0.29) is 5.91 Å². The van der Waals surface area contributed by atoms with Gasteiger partial charge in [-0.05, 0) is 43.2 Å². The van der Waals surface area contributed by atoms with Crippen LogP contribution in [0.4, 0.5) is 0 Å². The van der Waals surface area contributed by atoms with E-state index in [1.54, 1.807) is 26.0 Å². The van der Waals surface area contributed by atoms with Crippen molar-refractivity contribution in [1.29, 1.82) is 0 Å². The van der Waals surface area contributed by atoms with Gasteiger partial charge in [0.1, 0.15) is 12.4 Å². The molecule has 0 saturated carbocycles. The molecule has 28 heavy (non-hydrogen) atoms. The highest BCUT2D eigenvalue weighted by molar-refractivity contribution is 5.94. The van der Waals surface area contributed by atoms with Crippen LogP contribution in [0.15, 0.2) is 53.5 Å². The molecule has 0 aliphatic heterocycles. The number of aliphatic imine (C=N–C) groups is 1. The summed E-state index contributed by atoms with van der Waals surface area (Å²) in [6.45, 7) is 3.98. The Kier molecular flexibility index (Phi) is 8.34. The van der Waals surface area contributed by atoms with Gasteiger partial charge in [-0.2, -0.15) is 0 Å². The molecule has 6 heteroatoms. The van der Waals surface area contributed by atoms with E-state index in [1.165, 1.54) is 5.56 Å². The molecule has 6 nitrogen and oxygen atoms in total. The molecule has 0 atom stereocenters. The minimum absolute atomic E-state index is 0.0147. The normalized spacial score (nSPS) is 11.1. The molecular weight excluding hydrogens is 352 g/mol. The van der Waals surface area contributed by atoms with Crippen molar-refractivity contribution in [1.82, 2.24) is 15.5 Å². The van der Waals surface area contributed by atoms with Gasteiger partial charge in [0, 0.05) is 33.3 Å². The van der Waals surface area contributed by atoms with Crippen LogP contribution in [0.1, 0.15) is 21.5 Å². The lowest BCUT2D eigenvalue weighted by Crippen LogP contribution is -2.40. The van der Waals surface area contributed by atoms with Gasteiger partial charge in [0.25, 0.3) is 5.91 Å². The summed E-state index contributed by atoms with van der Waals surface area (Å²) in [5.41, 5.74) is 3.03. The van der Waals surface area contributed by atoms with Crippen LogP contribution in [0.5, 0.6) is 5.75 Å². The molecular formula is C22H30N4O2. The van der Waals surface area contributed by atoms with Gasteiger partial charge in [0.05, 0.1) is 6.54 Å².